The Morgan fingerprint density at radius 1 is 1.17 bits per heavy atom. The molecule has 0 spiro atoms. The van der Waals surface area contributed by atoms with E-state index in [-0.39, 0.29) is 17.3 Å². The summed E-state index contributed by atoms with van der Waals surface area (Å²) in [6.07, 6.45) is 2.80. The fraction of sp³-hybridized carbons (Fsp3) is 0.0526. The van der Waals surface area contributed by atoms with Gasteiger partial charge in [-0.05, 0) is 42.8 Å². The number of aromatic nitrogens is 2. The second-order valence-corrected chi connectivity index (χ2v) is 6.40. The van der Waals surface area contributed by atoms with Crippen LogP contribution >= 0.6 is 11.6 Å². The molecule has 10 nitrogen and oxygen atoms in total. The van der Waals surface area contributed by atoms with Gasteiger partial charge in [0.05, 0.1) is 28.7 Å². The van der Waals surface area contributed by atoms with Gasteiger partial charge >= 0.3 is 12.0 Å². The molecule has 0 atom stereocenters. The highest BCUT2D eigenvalue weighted by Crippen LogP contribution is 2.25. The van der Waals surface area contributed by atoms with Crippen LogP contribution in [0.25, 0.3) is 0 Å². The summed E-state index contributed by atoms with van der Waals surface area (Å²) in [5.74, 6) is -0.388. The predicted octanol–water partition coefficient (Wildman–Crippen LogP) is 3.89. The average molecular weight is 429 g/mol. The van der Waals surface area contributed by atoms with Gasteiger partial charge in [0.1, 0.15) is 5.75 Å². The monoisotopic (exact) mass is 428 g/mol. The normalized spacial score (nSPS) is 10.3. The highest BCUT2D eigenvalue weighted by atomic mass is 35.5. The van der Waals surface area contributed by atoms with Crippen LogP contribution in [0, 0.1) is 12.1 Å². The number of para-hydroxylation sites is 1. The number of hydrogen-bond acceptors (Lipinski definition) is 8. The van der Waals surface area contributed by atoms with Gasteiger partial charge < -0.3 is 20.5 Å². The summed E-state index contributed by atoms with van der Waals surface area (Å²) in [5, 5.41) is 24.7. The minimum atomic E-state index is -0.852. The minimum Gasteiger partial charge on any atom is -0.733 e. The van der Waals surface area contributed by atoms with E-state index in [9.17, 15) is 14.8 Å². The lowest BCUT2D eigenvalue weighted by Crippen LogP contribution is -2.35. The first-order valence-electron chi connectivity index (χ1n) is 8.47. The van der Waals surface area contributed by atoms with Gasteiger partial charge in [0, 0.05) is 5.69 Å². The van der Waals surface area contributed by atoms with E-state index in [1.54, 1.807) is 25.1 Å². The van der Waals surface area contributed by atoms with Gasteiger partial charge in [-0.3, -0.25) is 15.3 Å². The number of nitrogens with one attached hydrogen (secondary N) is 2. The molecular weight excluding hydrogens is 414 g/mol. The van der Waals surface area contributed by atoms with Gasteiger partial charge in [0.15, 0.2) is 0 Å². The number of carbonyl (C=O) groups excluding carboxylic acids is 2. The van der Waals surface area contributed by atoms with Crippen molar-refractivity contribution in [3.05, 3.63) is 76.2 Å². The molecule has 0 fully saturated rings. The van der Waals surface area contributed by atoms with Crippen molar-refractivity contribution >= 4 is 34.9 Å². The predicted molar refractivity (Wildman–Crippen MR) is 109 cm³/mol. The topological polar surface area (TPSA) is 140 Å². The largest absolute Gasteiger partial charge is 0.733 e. The summed E-state index contributed by atoms with van der Waals surface area (Å²) in [5.41, 5.74) is 0.617. The number of imide groups is 1. The van der Waals surface area contributed by atoms with Crippen molar-refractivity contribution < 1.29 is 19.5 Å². The Labute approximate surface area is 175 Å². The minimum absolute atomic E-state index is 0.113. The van der Waals surface area contributed by atoms with E-state index in [2.05, 4.69) is 20.6 Å². The molecule has 3 amide bonds. The third-order valence-electron chi connectivity index (χ3n) is 3.81. The summed E-state index contributed by atoms with van der Waals surface area (Å²) < 4.78 is 5.56. The van der Waals surface area contributed by atoms with Gasteiger partial charge in [-0.15, -0.1) is 0 Å². The third-order valence-corrected chi connectivity index (χ3v) is 4.01. The van der Waals surface area contributed by atoms with Crippen LogP contribution in [0.15, 0.2) is 54.9 Å². The molecule has 0 saturated carbocycles. The van der Waals surface area contributed by atoms with Crippen LogP contribution in [0.4, 0.5) is 16.2 Å². The number of rotatable bonds is 5. The van der Waals surface area contributed by atoms with E-state index in [0.717, 1.165) is 0 Å². The lowest BCUT2D eigenvalue weighted by Gasteiger charge is -2.23. The quantitative estimate of drug-likeness (QED) is 0.520. The van der Waals surface area contributed by atoms with Crippen molar-refractivity contribution in [1.82, 2.24) is 15.3 Å². The van der Waals surface area contributed by atoms with E-state index < -0.39 is 17.2 Å². The van der Waals surface area contributed by atoms with E-state index in [1.165, 1.54) is 36.7 Å². The second kappa shape index (κ2) is 9.18. The highest BCUT2D eigenvalue weighted by Gasteiger charge is 2.15. The molecule has 0 aliphatic heterocycles. The molecule has 0 aliphatic rings. The Morgan fingerprint density at radius 3 is 2.53 bits per heavy atom. The summed E-state index contributed by atoms with van der Waals surface area (Å²) in [4.78, 5) is 32.2. The fourth-order valence-corrected chi connectivity index (χ4v) is 2.56. The maximum absolute atomic E-state index is 12.2. The van der Waals surface area contributed by atoms with Crippen molar-refractivity contribution in [2.45, 2.75) is 6.92 Å². The van der Waals surface area contributed by atoms with E-state index in [0.29, 0.717) is 22.0 Å². The summed E-state index contributed by atoms with van der Waals surface area (Å²) in [6, 6.07) is 9.57. The average Bonchev–Trinajstić information content (AvgIpc) is 2.71. The Bertz CT molecular complexity index is 1080. The van der Waals surface area contributed by atoms with Gasteiger partial charge in [-0.2, -0.15) is 0 Å². The summed E-state index contributed by atoms with van der Waals surface area (Å²) in [7, 11) is 0. The fourth-order valence-electron chi connectivity index (χ4n) is 2.46. The third kappa shape index (κ3) is 5.20. The van der Waals surface area contributed by atoms with Crippen molar-refractivity contribution in [2.24, 2.45) is 0 Å². The maximum atomic E-state index is 12.2. The molecule has 0 saturated heterocycles. The second-order valence-electron chi connectivity index (χ2n) is 5.96. The molecule has 3 N–H and O–H groups in total. The number of benzene rings is 2. The first-order valence-corrected chi connectivity index (χ1v) is 8.85. The number of urea groups is 1. The summed E-state index contributed by atoms with van der Waals surface area (Å²) >= 11 is 5.73. The molecule has 2 aromatic carbocycles. The maximum Gasteiger partial charge on any atom is 0.326 e. The first kappa shape index (κ1) is 21.0. The van der Waals surface area contributed by atoms with Gasteiger partial charge in [0.2, 0.25) is 0 Å². The van der Waals surface area contributed by atoms with Crippen LogP contribution in [-0.4, -0.2) is 27.1 Å². The Balaban J connectivity index is 1.65. The standard InChI is InChI=1S/C19H15ClN5O5/c1-11-8-13(6-7-16(11)30-19-21-9-12(20)10-22-19)23-18(27)24-17(26)14-4-2-3-5-15(14)25(28)29/h2-10,28H,1H3,(H2,23,24,26,27)/q-1. The van der Waals surface area contributed by atoms with Crippen LogP contribution in [0.3, 0.4) is 0 Å². The van der Waals surface area contributed by atoms with Gasteiger partial charge in [0.25, 0.3) is 5.91 Å². The number of amides is 3. The number of hydrogen-bond donors (Lipinski definition) is 3. The van der Waals surface area contributed by atoms with Crippen LogP contribution in [0.2, 0.25) is 5.02 Å². The van der Waals surface area contributed by atoms with E-state index in [4.69, 9.17) is 21.5 Å². The highest BCUT2D eigenvalue weighted by molar-refractivity contribution is 6.30. The lowest BCUT2D eigenvalue weighted by molar-refractivity contribution is 0.0966. The Morgan fingerprint density at radius 2 is 1.87 bits per heavy atom. The molecule has 1 heterocycles. The summed E-state index contributed by atoms with van der Waals surface area (Å²) in [6.45, 7) is 1.75. The number of halogens is 1. The van der Waals surface area contributed by atoms with Crippen molar-refractivity contribution in [1.29, 1.82) is 0 Å². The molecule has 1 aromatic heterocycles. The van der Waals surface area contributed by atoms with Crippen LogP contribution < -0.4 is 20.6 Å². The SMILES string of the molecule is Cc1cc(NC(=O)NC(=O)c2ccccc2N([O-])O)ccc1Oc1ncc(Cl)cn1. The molecule has 30 heavy (non-hydrogen) atoms. The molecule has 11 heteroatoms. The van der Waals surface area contributed by atoms with Crippen molar-refractivity contribution in [3.8, 4) is 11.8 Å². The molecular formula is C19H15ClN5O5-. The number of anilines is 2. The van der Waals surface area contributed by atoms with E-state index in [1.807, 2.05) is 0 Å². The number of carbonyl (C=O) groups is 2. The van der Waals surface area contributed by atoms with Gasteiger partial charge in [-0.25, -0.2) is 14.8 Å². The Hall–Kier alpha value is -3.73. The zero-order valence-electron chi connectivity index (χ0n) is 15.5. The van der Waals surface area contributed by atoms with Crippen LogP contribution in [0.1, 0.15) is 15.9 Å². The number of nitrogens with zero attached hydrogens (tertiary/aromatic N) is 3. The van der Waals surface area contributed by atoms with Crippen molar-refractivity contribution in [3.63, 3.8) is 0 Å². The molecule has 0 aliphatic carbocycles. The molecule has 0 bridgehead atoms. The van der Waals surface area contributed by atoms with Crippen LogP contribution in [0.5, 0.6) is 11.8 Å². The molecule has 3 aromatic rings. The zero-order valence-corrected chi connectivity index (χ0v) is 16.3. The van der Waals surface area contributed by atoms with Crippen molar-refractivity contribution in [2.75, 3.05) is 10.5 Å². The van der Waals surface area contributed by atoms with E-state index >= 15 is 0 Å². The lowest BCUT2D eigenvalue weighted by atomic mass is 10.1. The molecule has 154 valence electrons. The Kier molecular flexibility index (Phi) is 6.42. The zero-order chi connectivity index (χ0) is 21.7. The number of aryl methyl sites for hydroxylation is 1. The first-order chi connectivity index (χ1) is 14.3. The molecule has 0 unspecified atom stereocenters. The number of ether oxygens (including phenoxy) is 1. The molecule has 3 rings (SSSR count). The van der Waals surface area contributed by atoms with Crippen LogP contribution in [-0.2, 0) is 0 Å². The van der Waals surface area contributed by atoms with Gasteiger partial charge in [-0.1, -0.05) is 23.7 Å². The smallest absolute Gasteiger partial charge is 0.326 e. The molecule has 0 radical (unpaired) electrons.